The molecule has 1 aromatic rings. The van der Waals surface area contributed by atoms with Crippen molar-refractivity contribution >= 4 is 11.8 Å². The Morgan fingerprint density at radius 3 is 2.40 bits per heavy atom. The summed E-state index contributed by atoms with van der Waals surface area (Å²) < 4.78 is 0. The molecule has 0 saturated heterocycles. The van der Waals surface area contributed by atoms with Gasteiger partial charge >= 0.3 is 0 Å². The molecule has 0 heterocycles. The van der Waals surface area contributed by atoms with Crippen LogP contribution >= 0.6 is 0 Å². The van der Waals surface area contributed by atoms with Gasteiger partial charge in [0.05, 0.1) is 17.7 Å². The Morgan fingerprint density at radius 2 is 1.90 bits per heavy atom. The number of hydrogen-bond donors (Lipinski definition) is 2. The minimum atomic E-state index is -0.800. The minimum Gasteiger partial charge on any atom is -0.368 e. The number of carbonyl (C=O) groups excluding carboxylic acids is 2. The quantitative estimate of drug-likeness (QED) is 0.744. The Kier molecular flexibility index (Phi) is 5.74. The van der Waals surface area contributed by atoms with Gasteiger partial charge in [0, 0.05) is 12.0 Å². The smallest absolute Gasteiger partial charge is 0.251 e. The first-order valence-electron chi connectivity index (χ1n) is 6.05. The summed E-state index contributed by atoms with van der Waals surface area (Å²) >= 11 is 0. The summed E-state index contributed by atoms with van der Waals surface area (Å²) in [7, 11) is 0. The normalized spacial score (nSPS) is 10.9. The summed E-state index contributed by atoms with van der Waals surface area (Å²) in [5.74, 6) is -1.07. The molecule has 0 aromatic heterocycles. The highest BCUT2D eigenvalue weighted by molar-refractivity contribution is 5.97. The fourth-order valence-corrected chi connectivity index (χ4v) is 1.61. The summed E-state index contributed by atoms with van der Waals surface area (Å²) in [6.45, 7) is 0. The highest BCUT2D eigenvalue weighted by Gasteiger charge is 2.18. The van der Waals surface area contributed by atoms with Crippen molar-refractivity contribution in [1.82, 2.24) is 5.32 Å². The number of nitriles is 2. The predicted molar refractivity (Wildman–Crippen MR) is 71.1 cm³/mol. The first kappa shape index (κ1) is 15.2. The molecule has 0 unspecified atom stereocenters. The molecule has 0 spiro atoms. The molecule has 6 heteroatoms. The van der Waals surface area contributed by atoms with E-state index in [1.807, 2.05) is 12.1 Å². The van der Waals surface area contributed by atoms with E-state index in [0.29, 0.717) is 30.4 Å². The number of nitrogens with two attached hydrogens (primary N) is 1. The zero-order valence-corrected chi connectivity index (χ0v) is 10.8. The van der Waals surface area contributed by atoms with Crippen molar-refractivity contribution in [2.45, 2.75) is 25.3 Å². The van der Waals surface area contributed by atoms with Gasteiger partial charge in [0.25, 0.3) is 5.91 Å². The molecule has 2 amide bonds. The van der Waals surface area contributed by atoms with Crippen molar-refractivity contribution in [3.8, 4) is 12.1 Å². The molecule has 0 fully saturated rings. The molecule has 6 nitrogen and oxygen atoms in total. The zero-order chi connectivity index (χ0) is 15.0. The van der Waals surface area contributed by atoms with Crippen LogP contribution in [0.4, 0.5) is 0 Å². The van der Waals surface area contributed by atoms with Gasteiger partial charge in [-0.05, 0) is 37.1 Å². The molecule has 0 saturated carbocycles. The number of primary amides is 1. The van der Waals surface area contributed by atoms with Crippen LogP contribution in [0.3, 0.4) is 0 Å². The Morgan fingerprint density at radius 1 is 1.25 bits per heavy atom. The van der Waals surface area contributed by atoms with Crippen molar-refractivity contribution in [3.63, 3.8) is 0 Å². The summed E-state index contributed by atoms with van der Waals surface area (Å²) in [5.41, 5.74) is 6.00. The second kappa shape index (κ2) is 7.55. The van der Waals surface area contributed by atoms with E-state index in [4.69, 9.17) is 16.3 Å². The van der Waals surface area contributed by atoms with Crippen LogP contribution < -0.4 is 11.1 Å². The SMILES string of the molecule is N#CCCC[C@H](NC(=O)c1ccc(C#N)cc1)C(N)=O. The van der Waals surface area contributed by atoms with E-state index in [1.54, 1.807) is 0 Å². The number of rotatable bonds is 6. The molecule has 0 aliphatic rings. The van der Waals surface area contributed by atoms with Crippen molar-refractivity contribution in [1.29, 1.82) is 10.5 Å². The van der Waals surface area contributed by atoms with Crippen LogP contribution in [0, 0.1) is 22.7 Å². The topological polar surface area (TPSA) is 120 Å². The van der Waals surface area contributed by atoms with Gasteiger partial charge in [0.1, 0.15) is 6.04 Å². The van der Waals surface area contributed by atoms with Crippen LogP contribution in [0.5, 0.6) is 0 Å². The number of carbonyl (C=O) groups is 2. The van der Waals surface area contributed by atoms with E-state index in [0.717, 1.165) is 0 Å². The maximum Gasteiger partial charge on any atom is 0.251 e. The standard InChI is InChI=1S/C14H14N4O2/c15-8-2-1-3-12(13(17)19)18-14(20)11-6-4-10(9-16)5-7-11/h4-7,12H,1-3H2,(H2,17,19)(H,18,20)/t12-/m0/s1. The molecule has 3 N–H and O–H groups in total. The minimum absolute atomic E-state index is 0.302. The molecule has 1 rings (SSSR count). The highest BCUT2D eigenvalue weighted by Crippen LogP contribution is 2.06. The number of unbranched alkanes of at least 4 members (excludes halogenated alkanes) is 1. The fraction of sp³-hybridized carbons (Fsp3) is 0.286. The van der Waals surface area contributed by atoms with E-state index in [1.165, 1.54) is 24.3 Å². The van der Waals surface area contributed by atoms with Gasteiger partial charge in [0.2, 0.25) is 5.91 Å². The second-order valence-corrected chi connectivity index (χ2v) is 4.17. The lowest BCUT2D eigenvalue weighted by atomic mass is 10.1. The highest BCUT2D eigenvalue weighted by atomic mass is 16.2. The second-order valence-electron chi connectivity index (χ2n) is 4.17. The van der Waals surface area contributed by atoms with Crippen LogP contribution in [-0.4, -0.2) is 17.9 Å². The maximum absolute atomic E-state index is 11.9. The first-order valence-corrected chi connectivity index (χ1v) is 6.05. The van der Waals surface area contributed by atoms with Crippen LogP contribution in [-0.2, 0) is 4.79 Å². The third-order valence-electron chi connectivity index (χ3n) is 2.71. The zero-order valence-electron chi connectivity index (χ0n) is 10.8. The monoisotopic (exact) mass is 270 g/mol. The van der Waals surface area contributed by atoms with E-state index in [2.05, 4.69) is 5.32 Å². The Balaban J connectivity index is 2.68. The van der Waals surface area contributed by atoms with E-state index in [-0.39, 0.29) is 0 Å². The van der Waals surface area contributed by atoms with Crippen molar-refractivity contribution in [3.05, 3.63) is 35.4 Å². The van der Waals surface area contributed by atoms with Gasteiger partial charge in [-0.25, -0.2) is 0 Å². The number of benzene rings is 1. The van der Waals surface area contributed by atoms with Crippen molar-refractivity contribution < 1.29 is 9.59 Å². The van der Waals surface area contributed by atoms with Crippen LogP contribution in [0.25, 0.3) is 0 Å². The maximum atomic E-state index is 11.9. The number of amides is 2. The molecule has 1 atom stereocenters. The van der Waals surface area contributed by atoms with Crippen LogP contribution in [0.2, 0.25) is 0 Å². The van der Waals surface area contributed by atoms with Crippen molar-refractivity contribution in [2.75, 3.05) is 0 Å². The predicted octanol–water partition coefficient (Wildman–Crippen LogP) is 0.836. The van der Waals surface area contributed by atoms with Crippen LogP contribution in [0.15, 0.2) is 24.3 Å². The lowest BCUT2D eigenvalue weighted by molar-refractivity contribution is -0.120. The molecule has 0 bridgehead atoms. The molecule has 0 aliphatic heterocycles. The van der Waals surface area contributed by atoms with Gasteiger partial charge < -0.3 is 11.1 Å². The van der Waals surface area contributed by atoms with E-state index >= 15 is 0 Å². The molecular weight excluding hydrogens is 256 g/mol. The fourth-order valence-electron chi connectivity index (χ4n) is 1.61. The van der Waals surface area contributed by atoms with E-state index < -0.39 is 17.9 Å². The lowest BCUT2D eigenvalue weighted by Gasteiger charge is -2.14. The van der Waals surface area contributed by atoms with Crippen molar-refractivity contribution in [2.24, 2.45) is 5.73 Å². The summed E-state index contributed by atoms with van der Waals surface area (Å²) in [6.07, 6.45) is 1.11. The summed E-state index contributed by atoms with van der Waals surface area (Å²) in [6, 6.07) is 9.15. The summed E-state index contributed by atoms with van der Waals surface area (Å²) in [4.78, 5) is 23.2. The number of hydrogen-bond acceptors (Lipinski definition) is 4. The Hall–Kier alpha value is -2.86. The number of nitrogens with one attached hydrogen (secondary N) is 1. The summed E-state index contributed by atoms with van der Waals surface area (Å²) in [5, 5.41) is 19.6. The lowest BCUT2D eigenvalue weighted by Crippen LogP contribution is -2.44. The van der Waals surface area contributed by atoms with Gasteiger partial charge in [-0.2, -0.15) is 10.5 Å². The van der Waals surface area contributed by atoms with Gasteiger partial charge in [-0.15, -0.1) is 0 Å². The molecule has 1 aromatic carbocycles. The molecule has 102 valence electrons. The van der Waals surface area contributed by atoms with Gasteiger partial charge in [-0.3, -0.25) is 9.59 Å². The Labute approximate surface area is 116 Å². The third-order valence-corrected chi connectivity index (χ3v) is 2.71. The number of nitrogens with zero attached hydrogens (tertiary/aromatic N) is 2. The molecule has 0 aliphatic carbocycles. The van der Waals surface area contributed by atoms with Crippen LogP contribution in [0.1, 0.15) is 35.2 Å². The molecule has 0 radical (unpaired) electrons. The molecular formula is C14H14N4O2. The molecule has 20 heavy (non-hydrogen) atoms. The Bertz CT molecular complexity index is 566. The van der Waals surface area contributed by atoms with Gasteiger partial charge in [-0.1, -0.05) is 0 Å². The van der Waals surface area contributed by atoms with Gasteiger partial charge in [0.15, 0.2) is 0 Å². The third kappa shape index (κ3) is 4.43. The first-order chi connectivity index (χ1) is 9.58. The average Bonchev–Trinajstić information content (AvgIpc) is 2.46. The largest absolute Gasteiger partial charge is 0.368 e. The van der Waals surface area contributed by atoms with E-state index in [9.17, 15) is 9.59 Å². The average molecular weight is 270 g/mol.